The summed E-state index contributed by atoms with van der Waals surface area (Å²) in [6.07, 6.45) is 0. The molecule has 2 aliphatic heterocycles. The second-order valence-electron chi connectivity index (χ2n) is 10.1. The molecule has 2 aromatic heterocycles. The summed E-state index contributed by atoms with van der Waals surface area (Å²) in [5, 5.41) is 2.21. The van der Waals surface area contributed by atoms with E-state index in [2.05, 4.69) is 119 Å². The minimum atomic E-state index is -0.114. The monoisotopic (exact) mass is 500 g/mol. The summed E-state index contributed by atoms with van der Waals surface area (Å²) in [5.74, 6) is 0.844. The molecule has 4 heterocycles. The van der Waals surface area contributed by atoms with Gasteiger partial charge in [0, 0.05) is 39.0 Å². The van der Waals surface area contributed by atoms with E-state index in [1.807, 2.05) is 18.2 Å². The number of hydrogen-bond acceptors (Lipinski definition) is 4. The SMILES string of the molecule is c1ccc(N2c3cccc4c3B(c3oc5ccccc5c3N4c3ccccc3)c3c2oc2ccccc32)cc1. The summed E-state index contributed by atoms with van der Waals surface area (Å²) in [6.45, 7) is -0.114. The third-order valence-electron chi connectivity index (χ3n) is 8.05. The summed E-state index contributed by atoms with van der Waals surface area (Å²) in [6, 6.07) is 44.4. The Bertz CT molecular complexity index is 2040. The maximum atomic E-state index is 6.81. The molecule has 0 N–H and O–H groups in total. The van der Waals surface area contributed by atoms with Crippen LogP contribution in [0.4, 0.5) is 34.3 Å². The maximum absolute atomic E-state index is 6.81. The highest BCUT2D eigenvalue weighted by atomic mass is 16.4. The molecule has 5 aromatic carbocycles. The zero-order valence-electron chi connectivity index (χ0n) is 20.9. The van der Waals surface area contributed by atoms with Crippen molar-refractivity contribution in [3.8, 4) is 0 Å². The van der Waals surface area contributed by atoms with Gasteiger partial charge in [0.25, 0.3) is 0 Å². The first-order valence-electron chi connectivity index (χ1n) is 13.2. The molecule has 0 atom stereocenters. The molecule has 0 bridgehead atoms. The van der Waals surface area contributed by atoms with E-state index in [4.69, 9.17) is 8.83 Å². The number of para-hydroxylation sites is 4. The van der Waals surface area contributed by atoms with Crippen LogP contribution in [0.25, 0.3) is 21.9 Å². The fourth-order valence-corrected chi connectivity index (χ4v) is 6.52. The van der Waals surface area contributed by atoms with E-state index in [0.717, 1.165) is 67.4 Å². The number of nitrogens with zero attached hydrogens (tertiary/aromatic N) is 2. The van der Waals surface area contributed by atoms with Gasteiger partial charge >= 0.3 is 6.71 Å². The normalized spacial score (nSPS) is 13.5. The molecule has 9 rings (SSSR count). The van der Waals surface area contributed by atoms with Crippen LogP contribution >= 0.6 is 0 Å². The van der Waals surface area contributed by atoms with Gasteiger partial charge in [-0.1, -0.05) is 72.8 Å². The van der Waals surface area contributed by atoms with E-state index in [0.29, 0.717) is 0 Å². The van der Waals surface area contributed by atoms with Crippen LogP contribution in [-0.2, 0) is 0 Å². The molecular weight excluding hydrogens is 479 g/mol. The van der Waals surface area contributed by atoms with Crippen molar-refractivity contribution in [2.24, 2.45) is 0 Å². The lowest BCUT2D eigenvalue weighted by molar-refractivity contribution is 0.622. The van der Waals surface area contributed by atoms with Crippen LogP contribution in [0, 0.1) is 0 Å². The predicted molar refractivity (Wildman–Crippen MR) is 160 cm³/mol. The Hall–Kier alpha value is -5.16. The summed E-state index contributed by atoms with van der Waals surface area (Å²) >= 11 is 0. The Labute approximate surface area is 225 Å². The number of benzene rings is 5. The van der Waals surface area contributed by atoms with E-state index in [9.17, 15) is 0 Å². The van der Waals surface area contributed by atoms with E-state index in [1.165, 1.54) is 5.46 Å². The first kappa shape index (κ1) is 20.9. The molecule has 0 unspecified atom stereocenters. The van der Waals surface area contributed by atoms with Gasteiger partial charge in [-0.05, 0) is 60.1 Å². The number of hydrogen-bond donors (Lipinski definition) is 0. The molecule has 0 saturated carbocycles. The van der Waals surface area contributed by atoms with Crippen molar-refractivity contribution in [2.75, 3.05) is 9.80 Å². The van der Waals surface area contributed by atoms with Crippen molar-refractivity contribution in [2.45, 2.75) is 0 Å². The topological polar surface area (TPSA) is 32.8 Å². The molecule has 0 saturated heterocycles. The predicted octanol–water partition coefficient (Wildman–Crippen LogP) is 7.26. The van der Waals surface area contributed by atoms with Crippen LogP contribution in [0.2, 0.25) is 0 Å². The number of anilines is 6. The highest BCUT2D eigenvalue weighted by Crippen LogP contribution is 2.47. The lowest BCUT2D eigenvalue weighted by Crippen LogP contribution is -2.60. The van der Waals surface area contributed by atoms with Crippen LogP contribution in [0.3, 0.4) is 0 Å². The largest absolute Gasteiger partial charge is 0.468 e. The van der Waals surface area contributed by atoms with Gasteiger partial charge in [-0.2, -0.15) is 0 Å². The molecule has 182 valence electrons. The highest BCUT2D eigenvalue weighted by Gasteiger charge is 2.48. The van der Waals surface area contributed by atoms with Gasteiger partial charge in [0.1, 0.15) is 11.2 Å². The van der Waals surface area contributed by atoms with Gasteiger partial charge in [-0.15, -0.1) is 0 Å². The highest BCUT2D eigenvalue weighted by molar-refractivity contribution is 7.01. The number of furan rings is 2. The lowest BCUT2D eigenvalue weighted by Gasteiger charge is -2.40. The van der Waals surface area contributed by atoms with Crippen molar-refractivity contribution in [1.29, 1.82) is 0 Å². The van der Waals surface area contributed by atoms with Crippen LogP contribution in [0.1, 0.15) is 0 Å². The summed E-state index contributed by atoms with van der Waals surface area (Å²) in [7, 11) is 0. The Morgan fingerprint density at radius 3 is 1.74 bits per heavy atom. The van der Waals surface area contributed by atoms with Crippen molar-refractivity contribution in [3.63, 3.8) is 0 Å². The molecule has 5 heteroatoms. The second kappa shape index (κ2) is 7.68. The van der Waals surface area contributed by atoms with Crippen molar-refractivity contribution < 1.29 is 8.83 Å². The standard InChI is InChI=1S/C34H21BN2O2/c1-3-12-22(13-4-1)36-26-18-11-19-27-31(26)35(33-32(36)25-17-8-10-21-29(25)38-33)30-24-16-7-9-20-28(24)39-34(30)37(27)23-14-5-2-6-15-23/h1-21H. The van der Waals surface area contributed by atoms with Crippen LogP contribution < -0.4 is 26.4 Å². The average Bonchev–Trinajstić information content (AvgIpc) is 3.57. The third-order valence-corrected chi connectivity index (χ3v) is 8.05. The molecule has 0 amide bonds. The summed E-state index contributed by atoms with van der Waals surface area (Å²) in [5.41, 5.74) is 10.6. The van der Waals surface area contributed by atoms with Gasteiger partial charge in [-0.25, -0.2) is 0 Å². The Morgan fingerprint density at radius 2 is 1.03 bits per heavy atom. The van der Waals surface area contributed by atoms with Crippen LogP contribution in [0.15, 0.2) is 136 Å². The lowest BCUT2D eigenvalue weighted by atomic mass is 9.35. The van der Waals surface area contributed by atoms with E-state index in [-0.39, 0.29) is 6.71 Å². The Kier molecular flexibility index (Phi) is 4.11. The minimum Gasteiger partial charge on any atom is -0.468 e. The van der Waals surface area contributed by atoms with Crippen LogP contribution in [-0.4, -0.2) is 6.71 Å². The van der Waals surface area contributed by atoms with E-state index in [1.54, 1.807) is 0 Å². The zero-order valence-corrected chi connectivity index (χ0v) is 20.9. The van der Waals surface area contributed by atoms with Crippen molar-refractivity contribution >= 4 is 79.6 Å². The van der Waals surface area contributed by atoms with Crippen molar-refractivity contribution in [3.05, 3.63) is 127 Å². The fraction of sp³-hybridized carbons (Fsp3) is 0. The van der Waals surface area contributed by atoms with Crippen LogP contribution in [0.5, 0.6) is 0 Å². The molecule has 4 nitrogen and oxygen atoms in total. The Balaban J connectivity index is 1.46. The molecule has 39 heavy (non-hydrogen) atoms. The van der Waals surface area contributed by atoms with Crippen molar-refractivity contribution in [1.82, 2.24) is 0 Å². The molecule has 0 aliphatic carbocycles. The van der Waals surface area contributed by atoms with Gasteiger partial charge in [-0.3, -0.25) is 4.90 Å². The quantitative estimate of drug-likeness (QED) is 0.234. The third kappa shape index (κ3) is 2.74. The number of rotatable bonds is 2. The molecule has 0 fully saturated rings. The number of fused-ring (bicyclic) bond motifs is 8. The second-order valence-corrected chi connectivity index (χ2v) is 10.1. The molecule has 0 radical (unpaired) electrons. The van der Waals surface area contributed by atoms with Gasteiger partial charge in [0.05, 0.1) is 11.3 Å². The van der Waals surface area contributed by atoms with Gasteiger partial charge in [0.15, 0.2) is 0 Å². The fourth-order valence-electron chi connectivity index (χ4n) is 6.52. The Morgan fingerprint density at radius 1 is 0.462 bits per heavy atom. The summed E-state index contributed by atoms with van der Waals surface area (Å²) in [4.78, 5) is 4.63. The maximum Gasteiger partial charge on any atom is 0.302 e. The van der Waals surface area contributed by atoms with Gasteiger partial charge in [0.2, 0.25) is 5.88 Å². The van der Waals surface area contributed by atoms with E-state index < -0.39 is 0 Å². The zero-order chi connectivity index (χ0) is 25.5. The minimum absolute atomic E-state index is 0.114. The molecule has 2 aliphatic rings. The summed E-state index contributed by atoms with van der Waals surface area (Å²) < 4.78 is 13.5. The van der Waals surface area contributed by atoms with Gasteiger partial charge < -0.3 is 13.7 Å². The van der Waals surface area contributed by atoms with E-state index >= 15 is 0 Å². The molecule has 7 aromatic rings. The molecular formula is C34H21BN2O2. The first-order valence-corrected chi connectivity index (χ1v) is 13.2. The smallest absolute Gasteiger partial charge is 0.302 e. The first-order chi connectivity index (χ1) is 19.4. The molecule has 0 spiro atoms. The average molecular weight is 500 g/mol.